The molecule has 1 aromatic rings. The van der Waals surface area contributed by atoms with Crippen molar-refractivity contribution in [3.05, 3.63) is 40.7 Å². The van der Waals surface area contributed by atoms with Gasteiger partial charge in [-0.1, -0.05) is 28.1 Å². The van der Waals surface area contributed by atoms with Crippen LogP contribution >= 0.6 is 15.9 Å². The highest BCUT2D eigenvalue weighted by Crippen LogP contribution is 2.22. The predicted molar refractivity (Wildman–Crippen MR) is 53.0 cm³/mol. The van der Waals surface area contributed by atoms with Gasteiger partial charge in [0.25, 0.3) is 0 Å². The van der Waals surface area contributed by atoms with E-state index >= 15 is 0 Å². The van der Waals surface area contributed by atoms with E-state index in [0.717, 1.165) is 15.6 Å². The fraction of sp³-hybridized carbons (Fsp3) is 0.300. The van der Waals surface area contributed by atoms with Crippen molar-refractivity contribution in [1.82, 2.24) is 0 Å². The fourth-order valence-corrected chi connectivity index (χ4v) is 1.35. The summed E-state index contributed by atoms with van der Waals surface area (Å²) in [6.07, 6.45) is 0. The molecule has 0 aromatic heterocycles. The Morgan fingerprint density at radius 3 is 2.75 bits per heavy atom. The van der Waals surface area contributed by atoms with Gasteiger partial charge in [0.1, 0.15) is 0 Å². The monoisotopic (exact) mass is 229 g/mol. The summed E-state index contributed by atoms with van der Waals surface area (Å²) in [6, 6.07) is 5.80. The zero-order valence-corrected chi connectivity index (χ0v) is 8.57. The molecule has 1 atom stereocenters. The summed E-state index contributed by atoms with van der Waals surface area (Å²) in [5.74, 6) is -0.248. The predicted octanol–water partition coefficient (Wildman–Crippen LogP) is 3.64. The second kappa shape index (κ2) is 4.04. The smallest absolute Gasteiger partial charge is 0.0962 e. The van der Waals surface area contributed by atoms with Crippen LogP contribution in [0.5, 0.6) is 0 Å². The Morgan fingerprint density at radius 1 is 1.58 bits per heavy atom. The molecule has 0 amide bonds. The molecule has 65 valence electrons. The van der Waals surface area contributed by atoms with Crippen LogP contribution in [-0.2, 0) is 0 Å². The molecule has 1 radical (unpaired) electrons. The Labute approximate surface area is 80.9 Å². The van der Waals surface area contributed by atoms with Gasteiger partial charge < -0.3 is 0 Å². The molecule has 0 spiro atoms. The van der Waals surface area contributed by atoms with E-state index in [1.165, 1.54) is 0 Å². The molecule has 0 saturated carbocycles. The van der Waals surface area contributed by atoms with Crippen molar-refractivity contribution >= 4 is 15.9 Å². The zero-order chi connectivity index (χ0) is 9.14. The maximum absolute atomic E-state index is 12.2. The van der Waals surface area contributed by atoms with Crippen molar-refractivity contribution in [3.63, 3.8) is 0 Å². The Balaban J connectivity index is 2.96. The Bertz CT molecular complexity index is 271. The van der Waals surface area contributed by atoms with Gasteiger partial charge in [-0.3, -0.25) is 4.39 Å². The summed E-state index contributed by atoms with van der Waals surface area (Å²) in [6.45, 7) is 5.30. The Morgan fingerprint density at radius 2 is 2.25 bits per heavy atom. The summed E-state index contributed by atoms with van der Waals surface area (Å²) in [5, 5.41) is 0. The molecule has 0 saturated heterocycles. The van der Waals surface area contributed by atoms with Gasteiger partial charge in [0.15, 0.2) is 0 Å². The van der Waals surface area contributed by atoms with E-state index < -0.39 is 6.67 Å². The average molecular weight is 230 g/mol. The summed E-state index contributed by atoms with van der Waals surface area (Å²) in [7, 11) is 0. The summed E-state index contributed by atoms with van der Waals surface area (Å²) in [5.41, 5.74) is 2.10. The van der Waals surface area contributed by atoms with Gasteiger partial charge in [-0.15, -0.1) is 0 Å². The van der Waals surface area contributed by atoms with E-state index in [9.17, 15) is 4.39 Å². The third-order valence-corrected chi connectivity index (χ3v) is 2.71. The van der Waals surface area contributed by atoms with Crippen LogP contribution in [0.2, 0.25) is 0 Å². The van der Waals surface area contributed by atoms with Gasteiger partial charge in [-0.2, -0.15) is 0 Å². The van der Waals surface area contributed by atoms with Gasteiger partial charge in [-0.25, -0.2) is 0 Å². The number of alkyl halides is 1. The summed E-state index contributed by atoms with van der Waals surface area (Å²) in [4.78, 5) is 0. The summed E-state index contributed by atoms with van der Waals surface area (Å²) < 4.78 is 13.2. The van der Waals surface area contributed by atoms with Crippen LogP contribution in [0.15, 0.2) is 22.7 Å². The second-order valence-electron chi connectivity index (χ2n) is 2.86. The maximum Gasteiger partial charge on any atom is 0.0962 e. The van der Waals surface area contributed by atoms with Gasteiger partial charge in [0, 0.05) is 10.4 Å². The second-order valence-corrected chi connectivity index (χ2v) is 3.71. The van der Waals surface area contributed by atoms with E-state index in [-0.39, 0.29) is 5.92 Å². The molecule has 1 aromatic carbocycles. The number of benzene rings is 1. The first-order chi connectivity index (χ1) is 5.65. The molecule has 1 unspecified atom stereocenters. The van der Waals surface area contributed by atoms with Gasteiger partial charge in [0.05, 0.1) is 6.67 Å². The van der Waals surface area contributed by atoms with Crippen LogP contribution in [0.1, 0.15) is 17.0 Å². The first kappa shape index (κ1) is 9.72. The molecule has 0 bridgehead atoms. The normalized spacial score (nSPS) is 13.0. The molecule has 0 aliphatic rings. The van der Waals surface area contributed by atoms with E-state index in [0.29, 0.717) is 0 Å². The highest BCUT2D eigenvalue weighted by atomic mass is 79.9. The summed E-state index contributed by atoms with van der Waals surface area (Å²) >= 11 is 3.39. The molecule has 2 heteroatoms. The van der Waals surface area contributed by atoms with Gasteiger partial charge >= 0.3 is 0 Å². The number of hydrogen-bond donors (Lipinski definition) is 0. The molecule has 0 aliphatic carbocycles. The van der Waals surface area contributed by atoms with E-state index in [1.54, 1.807) is 0 Å². The molecule has 1 rings (SSSR count). The minimum absolute atomic E-state index is 0.248. The van der Waals surface area contributed by atoms with Crippen LogP contribution in [-0.4, -0.2) is 6.67 Å². The minimum atomic E-state index is -0.407. The molecule has 0 nitrogen and oxygen atoms in total. The fourth-order valence-electron chi connectivity index (χ4n) is 0.952. The van der Waals surface area contributed by atoms with Crippen molar-refractivity contribution in [2.45, 2.75) is 12.8 Å². The van der Waals surface area contributed by atoms with Crippen LogP contribution in [0.3, 0.4) is 0 Å². The van der Waals surface area contributed by atoms with E-state index in [1.807, 2.05) is 25.1 Å². The maximum atomic E-state index is 12.2. The number of rotatable bonds is 2. The van der Waals surface area contributed by atoms with Crippen molar-refractivity contribution in [2.24, 2.45) is 0 Å². The molecule has 12 heavy (non-hydrogen) atoms. The molecule has 0 aliphatic heterocycles. The number of aryl methyl sites for hydroxylation is 1. The van der Waals surface area contributed by atoms with Crippen molar-refractivity contribution in [3.8, 4) is 0 Å². The number of hydrogen-bond acceptors (Lipinski definition) is 0. The van der Waals surface area contributed by atoms with Crippen LogP contribution < -0.4 is 0 Å². The number of halogens is 2. The lowest BCUT2D eigenvalue weighted by atomic mass is 10.0. The topological polar surface area (TPSA) is 0 Å². The van der Waals surface area contributed by atoms with Crippen molar-refractivity contribution < 1.29 is 4.39 Å². The minimum Gasteiger partial charge on any atom is -0.250 e. The largest absolute Gasteiger partial charge is 0.250 e. The average Bonchev–Trinajstić information content (AvgIpc) is 2.08. The standard InChI is InChI=1S/C10H11BrF/c1-7-3-4-9(5-10(7)11)8(2)6-12/h3-5,8H,2,6H2,1H3. The van der Waals surface area contributed by atoms with E-state index in [2.05, 4.69) is 22.9 Å². The quantitative estimate of drug-likeness (QED) is 0.727. The molecular formula is C10H11BrF. The molecule has 0 fully saturated rings. The third-order valence-electron chi connectivity index (χ3n) is 1.85. The zero-order valence-electron chi connectivity index (χ0n) is 6.98. The van der Waals surface area contributed by atoms with Crippen LogP contribution in [0.4, 0.5) is 4.39 Å². The van der Waals surface area contributed by atoms with Gasteiger partial charge in [-0.05, 0) is 31.0 Å². The highest BCUT2D eigenvalue weighted by molar-refractivity contribution is 9.10. The van der Waals surface area contributed by atoms with E-state index in [4.69, 9.17) is 0 Å². The lowest BCUT2D eigenvalue weighted by molar-refractivity contribution is 0.465. The van der Waals surface area contributed by atoms with Crippen LogP contribution in [0, 0.1) is 13.8 Å². The molecule has 0 heterocycles. The Hall–Kier alpha value is -0.370. The lowest BCUT2D eigenvalue weighted by Gasteiger charge is -2.08. The van der Waals surface area contributed by atoms with Crippen molar-refractivity contribution in [2.75, 3.05) is 6.67 Å². The molecule has 0 N–H and O–H groups in total. The lowest BCUT2D eigenvalue weighted by Crippen LogP contribution is -1.95. The van der Waals surface area contributed by atoms with Gasteiger partial charge in [0.2, 0.25) is 0 Å². The van der Waals surface area contributed by atoms with Crippen molar-refractivity contribution in [1.29, 1.82) is 0 Å². The first-order valence-corrected chi connectivity index (χ1v) is 4.59. The Kier molecular flexibility index (Phi) is 3.27. The van der Waals surface area contributed by atoms with Crippen LogP contribution in [0.25, 0.3) is 0 Å². The highest BCUT2D eigenvalue weighted by Gasteiger charge is 2.05. The molecular weight excluding hydrogens is 219 g/mol. The SMILES string of the molecule is [CH2]C(CF)c1ccc(C)c(Br)c1. The first-order valence-electron chi connectivity index (χ1n) is 3.80. The third kappa shape index (κ3) is 2.07.